The summed E-state index contributed by atoms with van der Waals surface area (Å²) in [5, 5.41) is 5.09. The highest BCUT2D eigenvalue weighted by atomic mass is 16.2. The molecule has 1 fully saturated rings. The normalized spacial score (nSPS) is 17.8. The van der Waals surface area contributed by atoms with Crippen LogP contribution in [0.1, 0.15) is 41.2 Å². The number of hydrogen-bond donors (Lipinski definition) is 1. The van der Waals surface area contributed by atoms with Gasteiger partial charge < -0.3 is 9.88 Å². The maximum Gasteiger partial charge on any atom is 0.261 e. The number of H-pyrrole nitrogens is 1. The van der Waals surface area contributed by atoms with Crippen LogP contribution in [0.5, 0.6) is 0 Å². The van der Waals surface area contributed by atoms with E-state index in [0.29, 0.717) is 6.54 Å². The molecule has 1 N–H and O–H groups in total. The van der Waals surface area contributed by atoms with Crippen LogP contribution < -0.4 is 5.56 Å². The fourth-order valence-corrected chi connectivity index (χ4v) is 3.59. The highest BCUT2D eigenvalue weighted by Crippen LogP contribution is 2.31. The van der Waals surface area contributed by atoms with Gasteiger partial charge in [0.25, 0.3) is 11.5 Å². The third-order valence-electron chi connectivity index (χ3n) is 4.86. The topological polar surface area (TPSA) is 71.0 Å². The summed E-state index contributed by atoms with van der Waals surface area (Å²) >= 11 is 0. The highest BCUT2D eigenvalue weighted by molar-refractivity contribution is 5.97. The van der Waals surface area contributed by atoms with E-state index in [1.807, 2.05) is 42.4 Å². The van der Waals surface area contributed by atoms with E-state index in [0.717, 1.165) is 35.7 Å². The molecule has 1 aliphatic rings. The molecule has 2 aromatic heterocycles. The van der Waals surface area contributed by atoms with Gasteiger partial charge in [-0.3, -0.25) is 14.3 Å². The van der Waals surface area contributed by atoms with Crippen molar-refractivity contribution in [3.05, 3.63) is 64.2 Å². The number of rotatable bonds is 2. The minimum atomic E-state index is -0.334. The van der Waals surface area contributed by atoms with Crippen LogP contribution in [0.2, 0.25) is 0 Å². The van der Waals surface area contributed by atoms with Gasteiger partial charge in [-0.2, -0.15) is 5.10 Å². The summed E-state index contributed by atoms with van der Waals surface area (Å²) in [6.07, 6.45) is 6.66. The number of aromatic amines is 1. The van der Waals surface area contributed by atoms with Crippen molar-refractivity contribution in [1.29, 1.82) is 0 Å². The van der Waals surface area contributed by atoms with E-state index in [1.54, 1.807) is 16.9 Å². The van der Waals surface area contributed by atoms with Crippen LogP contribution in [0.15, 0.2) is 47.5 Å². The maximum absolute atomic E-state index is 13.1. The monoisotopic (exact) mass is 336 g/mol. The zero-order valence-corrected chi connectivity index (χ0v) is 14.1. The summed E-state index contributed by atoms with van der Waals surface area (Å²) < 4.78 is 1.75. The molecule has 6 heteroatoms. The van der Waals surface area contributed by atoms with Crippen molar-refractivity contribution in [3.63, 3.8) is 0 Å². The Morgan fingerprint density at radius 1 is 1.28 bits per heavy atom. The number of pyridine rings is 1. The van der Waals surface area contributed by atoms with Crippen molar-refractivity contribution in [2.75, 3.05) is 6.54 Å². The Bertz CT molecular complexity index is 988. The molecular formula is C19H20N4O2. The van der Waals surface area contributed by atoms with Crippen LogP contribution in [-0.2, 0) is 7.05 Å². The zero-order chi connectivity index (χ0) is 17.4. The van der Waals surface area contributed by atoms with Crippen LogP contribution in [0.3, 0.4) is 0 Å². The minimum absolute atomic E-state index is 0.0270. The standard InChI is InChI=1S/C19H20N4O2/c1-22-12-14(11-20-22)17-8-4-5-9-23(17)19(25)15-10-13-6-2-3-7-16(13)21-18(15)24/h2-3,6-7,10-12,17H,4-5,8-9H2,1H3,(H,21,24). The first kappa shape index (κ1) is 15.6. The zero-order valence-electron chi connectivity index (χ0n) is 14.1. The van der Waals surface area contributed by atoms with Gasteiger partial charge in [-0.05, 0) is 36.8 Å². The van der Waals surface area contributed by atoms with Crippen LogP contribution >= 0.6 is 0 Å². The molecule has 0 radical (unpaired) electrons. The summed E-state index contributed by atoms with van der Waals surface area (Å²) in [6.45, 7) is 0.657. The number of aryl methyl sites for hydroxylation is 1. The largest absolute Gasteiger partial charge is 0.331 e. The van der Waals surface area contributed by atoms with Gasteiger partial charge in [0.2, 0.25) is 0 Å². The van der Waals surface area contributed by atoms with Crippen molar-refractivity contribution < 1.29 is 4.79 Å². The number of nitrogens with one attached hydrogen (secondary N) is 1. The number of para-hydroxylation sites is 1. The molecule has 0 spiro atoms. The van der Waals surface area contributed by atoms with Crippen molar-refractivity contribution in [2.24, 2.45) is 7.05 Å². The summed E-state index contributed by atoms with van der Waals surface area (Å²) in [5.41, 5.74) is 1.63. The average molecular weight is 336 g/mol. The van der Waals surface area contributed by atoms with Crippen LogP contribution in [-0.4, -0.2) is 32.1 Å². The highest BCUT2D eigenvalue weighted by Gasteiger charge is 2.30. The number of benzene rings is 1. The number of aromatic nitrogens is 3. The number of hydrogen-bond acceptors (Lipinski definition) is 3. The molecule has 1 unspecified atom stereocenters. The molecule has 3 heterocycles. The molecular weight excluding hydrogens is 316 g/mol. The smallest absolute Gasteiger partial charge is 0.261 e. The Morgan fingerprint density at radius 2 is 2.12 bits per heavy atom. The van der Waals surface area contributed by atoms with Crippen molar-refractivity contribution >= 4 is 16.8 Å². The van der Waals surface area contributed by atoms with E-state index in [9.17, 15) is 9.59 Å². The summed E-state index contributed by atoms with van der Waals surface area (Å²) in [5.74, 6) is -0.208. The van der Waals surface area contributed by atoms with E-state index in [1.165, 1.54) is 0 Å². The molecule has 1 saturated heterocycles. The van der Waals surface area contributed by atoms with Crippen molar-refractivity contribution in [1.82, 2.24) is 19.7 Å². The predicted octanol–water partition coefficient (Wildman–Crippen LogP) is 2.63. The molecule has 1 aromatic carbocycles. The van der Waals surface area contributed by atoms with Gasteiger partial charge in [0.05, 0.1) is 12.2 Å². The number of fused-ring (bicyclic) bond motifs is 1. The second-order valence-electron chi connectivity index (χ2n) is 6.56. The second kappa shape index (κ2) is 6.20. The number of carbonyl (C=O) groups excluding carboxylic acids is 1. The van der Waals surface area contributed by atoms with Gasteiger partial charge in [-0.15, -0.1) is 0 Å². The second-order valence-corrected chi connectivity index (χ2v) is 6.56. The molecule has 1 aliphatic heterocycles. The number of piperidine rings is 1. The van der Waals surface area contributed by atoms with E-state index >= 15 is 0 Å². The third-order valence-corrected chi connectivity index (χ3v) is 4.86. The molecule has 0 saturated carbocycles. The molecule has 4 rings (SSSR count). The fraction of sp³-hybridized carbons (Fsp3) is 0.316. The van der Waals surface area contributed by atoms with Crippen LogP contribution in [0.4, 0.5) is 0 Å². The number of likely N-dealkylation sites (tertiary alicyclic amines) is 1. The van der Waals surface area contributed by atoms with Gasteiger partial charge in [0.1, 0.15) is 5.56 Å². The van der Waals surface area contributed by atoms with Crippen molar-refractivity contribution in [2.45, 2.75) is 25.3 Å². The average Bonchev–Trinajstić information content (AvgIpc) is 3.07. The van der Waals surface area contributed by atoms with E-state index in [4.69, 9.17) is 0 Å². The Labute approximate surface area is 145 Å². The van der Waals surface area contributed by atoms with Crippen LogP contribution in [0.25, 0.3) is 10.9 Å². The SMILES string of the molecule is Cn1cc(C2CCCCN2C(=O)c2cc3ccccc3[nH]c2=O)cn1. The first-order chi connectivity index (χ1) is 12.1. The maximum atomic E-state index is 13.1. The lowest BCUT2D eigenvalue weighted by atomic mass is 9.96. The van der Waals surface area contributed by atoms with Gasteiger partial charge in [0, 0.05) is 30.9 Å². The molecule has 25 heavy (non-hydrogen) atoms. The molecule has 0 bridgehead atoms. The van der Waals surface area contributed by atoms with Gasteiger partial charge >= 0.3 is 0 Å². The van der Waals surface area contributed by atoms with Gasteiger partial charge in [0.15, 0.2) is 0 Å². The summed E-state index contributed by atoms with van der Waals surface area (Å²) in [6, 6.07) is 9.17. The number of carbonyl (C=O) groups is 1. The number of amides is 1. The Kier molecular flexibility index (Phi) is 3.87. The van der Waals surface area contributed by atoms with Gasteiger partial charge in [-0.1, -0.05) is 18.2 Å². The first-order valence-electron chi connectivity index (χ1n) is 8.55. The van der Waals surface area contributed by atoms with E-state index in [2.05, 4.69) is 10.1 Å². The molecule has 0 aliphatic carbocycles. The third kappa shape index (κ3) is 2.84. The minimum Gasteiger partial charge on any atom is -0.331 e. The lowest BCUT2D eigenvalue weighted by molar-refractivity contribution is 0.0610. The van der Waals surface area contributed by atoms with Crippen LogP contribution in [0, 0.1) is 0 Å². The van der Waals surface area contributed by atoms with Gasteiger partial charge in [-0.25, -0.2) is 0 Å². The quantitative estimate of drug-likeness (QED) is 0.782. The molecule has 1 atom stereocenters. The molecule has 1 amide bonds. The molecule has 6 nitrogen and oxygen atoms in total. The Hall–Kier alpha value is -2.89. The lowest BCUT2D eigenvalue weighted by Gasteiger charge is -2.35. The summed E-state index contributed by atoms with van der Waals surface area (Å²) in [7, 11) is 1.87. The number of nitrogens with zero attached hydrogens (tertiary/aromatic N) is 3. The van der Waals surface area contributed by atoms with E-state index in [-0.39, 0.29) is 23.1 Å². The van der Waals surface area contributed by atoms with Crippen molar-refractivity contribution in [3.8, 4) is 0 Å². The Morgan fingerprint density at radius 3 is 2.92 bits per heavy atom. The summed E-state index contributed by atoms with van der Waals surface area (Å²) in [4.78, 5) is 30.2. The lowest BCUT2D eigenvalue weighted by Crippen LogP contribution is -2.40. The van der Waals surface area contributed by atoms with E-state index < -0.39 is 0 Å². The predicted molar refractivity (Wildman–Crippen MR) is 95.4 cm³/mol. The fourth-order valence-electron chi connectivity index (χ4n) is 3.59. The molecule has 3 aromatic rings. The Balaban J connectivity index is 1.73. The first-order valence-corrected chi connectivity index (χ1v) is 8.55. The molecule has 128 valence electrons.